The van der Waals surface area contributed by atoms with Gasteiger partial charge in [0.2, 0.25) is 0 Å². The van der Waals surface area contributed by atoms with Gasteiger partial charge in [0, 0.05) is 12.1 Å². The summed E-state index contributed by atoms with van der Waals surface area (Å²) in [5.41, 5.74) is -1.02. The Morgan fingerprint density at radius 3 is 1.33 bits per heavy atom. The van der Waals surface area contributed by atoms with Gasteiger partial charge < -0.3 is 0 Å². The number of hydrogen-bond donors (Lipinski definition) is 0. The monoisotopic (exact) mass is 368 g/mol. The molecule has 0 spiro atoms. The number of nitrogens with zero attached hydrogens (tertiary/aromatic N) is 2. The van der Waals surface area contributed by atoms with Gasteiger partial charge in [-0.15, -0.1) is 0 Å². The van der Waals surface area contributed by atoms with Gasteiger partial charge in [-0.3, -0.25) is 29.8 Å². The van der Waals surface area contributed by atoms with Crippen LogP contribution in [0.1, 0.15) is 20.7 Å². The van der Waals surface area contributed by atoms with Gasteiger partial charge in [0.15, 0.2) is 0 Å². The lowest BCUT2D eigenvalue weighted by atomic mass is 10.00. The van der Waals surface area contributed by atoms with Crippen molar-refractivity contribution in [1.29, 1.82) is 0 Å². The maximum Gasteiger partial charge on any atom is 0.281 e. The third-order valence-electron chi connectivity index (χ3n) is 3.14. The summed E-state index contributed by atoms with van der Waals surface area (Å²) in [4.78, 5) is 43.0. The quantitative estimate of drug-likeness (QED) is 0.447. The van der Waals surface area contributed by atoms with Gasteiger partial charge in [0.1, 0.15) is 11.1 Å². The number of carbonyl (C=O) groups is 2. The fourth-order valence-corrected chi connectivity index (χ4v) is 2.37. The van der Waals surface area contributed by atoms with E-state index in [1.54, 1.807) is 0 Å². The lowest BCUT2D eigenvalue weighted by Gasteiger charge is -2.06. The second kappa shape index (κ2) is 6.73. The molecule has 2 aromatic carbocycles. The third-order valence-corrected chi connectivity index (χ3v) is 3.55. The zero-order chi connectivity index (χ0) is 18.0. The van der Waals surface area contributed by atoms with Gasteiger partial charge in [0.25, 0.3) is 21.9 Å². The van der Waals surface area contributed by atoms with Gasteiger partial charge in [-0.05, 0) is 58.6 Å². The molecule has 24 heavy (non-hydrogen) atoms. The van der Waals surface area contributed by atoms with Crippen LogP contribution >= 0.6 is 23.2 Å². The highest BCUT2D eigenvalue weighted by atomic mass is 35.5. The summed E-state index contributed by atoms with van der Waals surface area (Å²) in [5.74, 6) is 0. The van der Waals surface area contributed by atoms with Crippen LogP contribution in [0, 0.1) is 20.2 Å². The Morgan fingerprint density at radius 1 is 0.750 bits per heavy atom. The number of carbonyl (C=O) groups excluding carboxylic acids is 2. The second-order valence-electron chi connectivity index (χ2n) is 4.53. The van der Waals surface area contributed by atoms with E-state index in [4.69, 9.17) is 23.2 Å². The molecule has 0 saturated heterocycles. The van der Waals surface area contributed by atoms with Crippen LogP contribution in [0.2, 0.25) is 0 Å². The summed E-state index contributed by atoms with van der Waals surface area (Å²) in [5, 5.41) is 19.7. The molecule has 8 nitrogen and oxygen atoms in total. The highest BCUT2D eigenvalue weighted by Gasteiger charge is 2.22. The molecule has 0 unspecified atom stereocenters. The van der Waals surface area contributed by atoms with Crippen LogP contribution in [0.4, 0.5) is 11.4 Å². The molecule has 0 atom stereocenters. The summed E-state index contributed by atoms with van der Waals surface area (Å²) in [7, 11) is 0. The van der Waals surface area contributed by atoms with Crippen LogP contribution < -0.4 is 0 Å². The van der Waals surface area contributed by atoms with Crippen LogP contribution in [-0.4, -0.2) is 20.3 Å². The molecule has 2 aromatic rings. The lowest BCUT2D eigenvalue weighted by Crippen LogP contribution is -2.00. The van der Waals surface area contributed by atoms with E-state index in [1.165, 1.54) is 12.1 Å². The average Bonchev–Trinajstić information content (AvgIpc) is 2.53. The summed E-state index contributed by atoms with van der Waals surface area (Å²) in [6.45, 7) is 0. The van der Waals surface area contributed by atoms with Crippen LogP contribution in [-0.2, 0) is 0 Å². The molecule has 0 saturated carbocycles. The Bertz CT molecular complexity index is 823. The normalized spacial score (nSPS) is 10.2. The summed E-state index contributed by atoms with van der Waals surface area (Å²) in [6.07, 6.45) is 0. The standard InChI is InChI=1S/C14H6Cl2N2O6/c15-13(19)9-5-7(1-3-11(9)17(21)22)8-2-4-12(18(23)24)10(6-8)14(16)20/h1-6H. The minimum absolute atomic E-state index is 0.304. The van der Waals surface area contributed by atoms with E-state index in [0.717, 1.165) is 24.3 Å². The molecule has 0 heterocycles. The third kappa shape index (κ3) is 3.39. The predicted molar refractivity (Wildman–Crippen MR) is 85.6 cm³/mol. The van der Waals surface area contributed by atoms with E-state index in [0.29, 0.717) is 11.1 Å². The Kier molecular flexibility index (Phi) is 4.91. The summed E-state index contributed by atoms with van der Waals surface area (Å²) in [6, 6.07) is 7.13. The van der Waals surface area contributed by atoms with Gasteiger partial charge >= 0.3 is 0 Å². The predicted octanol–water partition coefficient (Wildman–Crippen LogP) is 3.93. The summed E-state index contributed by atoms with van der Waals surface area (Å²) < 4.78 is 0. The zero-order valence-electron chi connectivity index (χ0n) is 11.6. The Morgan fingerprint density at radius 2 is 1.08 bits per heavy atom. The van der Waals surface area contributed by atoms with Crippen molar-refractivity contribution < 1.29 is 19.4 Å². The van der Waals surface area contributed by atoms with E-state index in [9.17, 15) is 29.8 Å². The van der Waals surface area contributed by atoms with Gasteiger partial charge in [0.05, 0.1) is 9.85 Å². The van der Waals surface area contributed by atoms with E-state index >= 15 is 0 Å². The van der Waals surface area contributed by atoms with Crippen molar-refractivity contribution in [2.24, 2.45) is 0 Å². The molecule has 0 aromatic heterocycles. The smallest absolute Gasteiger partial charge is 0.275 e. The zero-order valence-corrected chi connectivity index (χ0v) is 13.1. The molecule has 0 aliphatic heterocycles. The number of halogens is 2. The van der Waals surface area contributed by atoms with Gasteiger partial charge in [-0.1, -0.05) is 0 Å². The van der Waals surface area contributed by atoms with Crippen LogP contribution in [0.25, 0.3) is 11.1 Å². The van der Waals surface area contributed by atoms with Crippen molar-refractivity contribution in [3.05, 3.63) is 67.8 Å². The molecular weight excluding hydrogens is 363 g/mol. The second-order valence-corrected chi connectivity index (χ2v) is 5.21. The fraction of sp³-hybridized carbons (Fsp3) is 0. The first kappa shape index (κ1) is 17.5. The molecule has 2 rings (SSSR count). The largest absolute Gasteiger partial charge is 0.281 e. The van der Waals surface area contributed by atoms with Crippen molar-refractivity contribution in [2.45, 2.75) is 0 Å². The maximum absolute atomic E-state index is 11.4. The molecular formula is C14H6Cl2N2O6. The minimum Gasteiger partial charge on any atom is -0.275 e. The van der Waals surface area contributed by atoms with Crippen LogP contribution in [0.5, 0.6) is 0 Å². The molecule has 0 N–H and O–H groups in total. The van der Waals surface area contributed by atoms with E-state index in [1.807, 2.05) is 0 Å². The minimum atomic E-state index is -1.03. The number of hydrogen-bond acceptors (Lipinski definition) is 6. The van der Waals surface area contributed by atoms with E-state index in [-0.39, 0.29) is 11.1 Å². The number of nitro groups is 2. The van der Waals surface area contributed by atoms with Crippen molar-refractivity contribution >= 4 is 45.1 Å². The first-order valence-electron chi connectivity index (χ1n) is 6.19. The Labute approximate surface area is 143 Å². The molecule has 0 aliphatic rings. The van der Waals surface area contributed by atoms with Crippen LogP contribution in [0.3, 0.4) is 0 Å². The fourth-order valence-electron chi connectivity index (χ4n) is 2.06. The molecule has 122 valence electrons. The van der Waals surface area contributed by atoms with E-state index in [2.05, 4.69) is 0 Å². The van der Waals surface area contributed by atoms with Crippen molar-refractivity contribution in [1.82, 2.24) is 0 Å². The number of nitro benzene ring substituents is 2. The molecule has 0 amide bonds. The molecule has 0 bridgehead atoms. The van der Waals surface area contributed by atoms with Gasteiger partial charge in [-0.25, -0.2) is 0 Å². The maximum atomic E-state index is 11.4. The molecule has 0 aliphatic carbocycles. The van der Waals surface area contributed by atoms with Crippen molar-refractivity contribution in [3.63, 3.8) is 0 Å². The average molecular weight is 369 g/mol. The van der Waals surface area contributed by atoms with Crippen molar-refractivity contribution in [3.8, 4) is 11.1 Å². The van der Waals surface area contributed by atoms with Crippen molar-refractivity contribution in [2.75, 3.05) is 0 Å². The summed E-state index contributed by atoms with van der Waals surface area (Å²) >= 11 is 10.7. The lowest BCUT2D eigenvalue weighted by molar-refractivity contribution is -0.385. The molecule has 0 radical (unpaired) electrons. The Balaban J connectivity index is 2.64. The SMILES string of the molecule is O=C(Cl)c1cc(-c2ccc([N+](=O)[O-])c(C(=O)Cl)c2)ccc1[N+](=O)[O-]. The van der Waals surface area contributed by atoms with Gasteiger partial charge in [-0.2, -0.15) is 0 Å². The molecule has 0 fully saturated rings. The molecule has 10 heteroatoms. The topological polar surface area (TPSA) is 120 Å². The number of benzene rings is 2. The van der Waals surface area contributed by atoms with E-state index < -0.39 is 31.7 Å². The first-order chi connectivity index (χ1) is 11.2. The van der Waals surface area contributed by atoms with Crippen LogP contribution in [0.15, 0.2) is 36.4 Å². The highest BCUT2D eigenvalue weighted by Crippen LogP contribution is 2.31. The highest BCUT2D eigenvalue weighted by molar-refractivity contribution is 6.68. The number of rotatable bonds is 5. The first-order valence-corrected chi connectivity index (χ1v) is 6.95. The Hall–Kier alpha value is -2.84.